The zero-order chi connectivity index (χ0) is 21.7. The van der Waals surface area contributed by atoms with Crippen LogP contribution >= 0.6 is 0 Å². The van der Waals surface area contributed by atoms with Gasteiger partial charge >= 0.3 is 6.18 Å². The van der Waals surface area contributed by atoms with E-state index in [2.05, 4.69) is 9.97 Å². The van der Waals surface area contributed by atoms with Crippen LogP contribution in [0.3, 0.4) is 0 Å². The summed E-state index contributed by atoms with van der Waals surface area (Å²) < 4.78 is 45.9. The van der Waals surface area contributed by atoms with Crippen LogP contribution < -0.4 is 4.74 Å². The van der Waals surface area contributed by atoms with Crippen LogP contribution in [0.4, 0.5) is 13.2 Å². The van der Waals surface area contributed by atoms with Gasteiger partial charge in [0.1, 0.15) is 5.69 Å². The van der Waals surface area contributed by atoms with Crippen molar-refractivity contribution in [1.29, 1.82) is 0 Å². The highest BCUT2D eigenvalue weighted by Gasteiger charge is 2.37. The average molecular weight is 418 g/mol. The summed E-state index contributed by atoms with van der Waals surface area (Å²) in [4.78, 5) is 20.7. The molecule has 1 aromatic carbocycles. The molecule has 0 spiro atoms. The maximum atomic E-state index is 13.5. The summed E-state index contributed by atoms with van der Waals surface area (Å²) in [6.07, 6.45) is -2.59. The van der Waals surface area contributed by atoms with Gasteiger partial charge in [-0.3, -0.25) is 9.78 Å². The molecular weight excluding hydrogens is 393 g/mol. The van der Waals surface area contributed by atoms with Gasteiger partial charge in [0.05, 0.1) is 12.2 Å². The van der Waals surface area contributed by atoms with Crippen molar-refractivity contribution in [1.82, 2.24) is 9.97 Å². The number of carbonyl (C=O) groups excluding carboxylic acids is 1. The molecule has 0 bridgehead atoms. The quantitative estimate of drug-likeness (QED) is 0.435. The first-order valence-corrected chi connectivity index (χ1v) is 9.49. The van der Waals surface area contributed by atoms with Gasteiger partial charge in [-0.2, -0.15) is 13.2 Å². The number of halogens is 3. The topological polar surface area (TPSA) is 52.1 Å². The summed E-state index contributed by atoms with van der Waals surface area (Å²) in [6, 6.07) is 14.7. The average Bonchev–Trinajstić information content (AvgIpc) is 2.73. The molecule has 0 saturated heterocycles. The van der Waals surface area contributed by atoms with Crippen molar-refractivity contribution in [3.05, 3.63) is 88.9 Å². The van der Waals surface area contributed by atoms with Crippen LogP contribution in [0.2, 0.25) is 0 Å². The van der Waals surface area contributed by atoms with E-state index in [1.165, 1.54) is 18.3 Å². The Bertz CT molecular complexity index is 1030. The third-order valence-corrected chi connectivity index (χ3v) is 4.81. The molecule has 2 heterocycles. The number of hydrogen-bond donors (Lipinski definition) is 0. The molecule has 0 amide bonds. The van der Waals surface area contributed by atoms with Gasteiger partial charge in [0.25, 0.3) is 0 Å². The fourth-order valence-corrected chi connectivity index (χ4v) is 3.06. The number of aryl methyl sites for hydroxylation is 1. The highest BCUT2D eigenvalue weighted by molar-refractivity contribution is 6.09. The zero-order valence-corrected chi connectivity index (χ0v) is 16.6. The van der Waals surface area contributed by atoms with Crippen molar-refractivity contribution in [2.45, 2.75) is 32.4 Å². The van der Waals surface area contributed by atoms with E-state index < -0.39 is 23.2 Å². The molecule has 1 unspecified atom stereocenters. The Labute approximate surface area is 175 Å². The standard InChI is InChI=1S/C23H21F3N2O2.2H2/c1-15(17-7-4-3-5-8-17)12-14-30-20-11-10-19(23(24,25)26)21(28-20)22(29)18-9-6-13-27-16(18)2;;/h3-11,13,15H,12,14H2,1-2H3;2*1H. The highest BCUT2D eigenvalue weighted by Crippen LogP contribution is 2.33. The van der Waals surface area contributed by atoms with Gasteiger partial charge in [-0.1, -0.05) is 37.3 Å². The van der Waals surface area contributed by atoms with E-state index in [4.69, 9.17) is 4.74 Å². The molecular formula is C23H25F3N2O2. The molecule has 0 aliphatic carbocycles. The minimum Gasteiger partial charge on any atom is -0.478 e. The van der Waals surface area contributed by atoms with E-state index in [0.717, 1.165) is 17.7 Å². The Morgan fingerprint density at radius 2 is 1.83 bits per heavy atom. The van der Waals surface area contributed by atoms with Crippen LogP contribution in [0.25, 0.3) is 0 Å². The van der Waals surface area contributed by atoms with Crippen molar-refractivity contribution < 1.29 is 25.6 Å². The van der Waals surface area contributed by atoms with Gasteiger partial charge in [0, 0.05) is 26.4 Å². The Hall–Kier alpha value is -3.22. The molecule has 0 aliphatic heterocycles. The van der Waals surface area contributed by atoms with Gasteiger partial charge in [0.15, 0.2) is 0 Å². The number of alkyl halides is 3. The van der Waals surface area contributed by atoms with Crippen molar-refractivity contribution in [2.75, 3.05) is 6.61 Å². The minimum absolute atomic E-state index is 0. The minimum atomic E-state index is -4.71. The number of ketones is 1. The van der Waals surface area contributed by atoms with E-state index in [9.17, 15) is 18.0 Å². The Balaban J connectivity index is 0.00000256. The van der Waals surface area contributed by atoms with Crippen LogP contribution in [0.1, 0.15) is 55.0 Å². The zero-order valence-electron chi connectivity index (χ0n) is 16.6. The second kappa shape index (κ2) is 9.07. The molecule has 1 atom stereocenters. The number of aromatic nitrogens is 2. The molecule has 0 fully saturated rings. The number of hydrogen-bond acceptors (Lipinski definition) is 4. The summed E-state index contributed by atoms with van der Waals surface area (Å²) in [5, 5.41) is 0. The van der Waals surface area contributed by atoms with E-state index in [1.807, 2.05) is 37.3 Å². The second-order valence-electron chi connectivity index (χ2n) is 6.96. The predicted octanol–water partition coefficient (Wildman–Crippen LogP) is 6.10. The molecule has 0 radical (unpaired) electrons. The molecule has 2 aromatic heterocycles. The van der Waals surface area contributed by atoms with Crippen molar-refractivity contribution in [3.63, 3.8) is 0 Å². The first-order chi connectivity index (χ1) is 14.3. The summed E-state index contributed by atoms with van der Waals surface area (Å²) >= 11 is 0. The van der Waals surface area contributed by atoms with E-state index >= 15 is 0 Å². The molecule has 160 valence electrons. The van der Waals surface area contributed by atoms with Crippen LogP contribution in [-0.4, -0.2) is 22.4 Å². The molecule has 7 heteroatoms. The number of rotatable bonds is 7. The summed E-state index contributed by atoms with van der Waals surface area (Å²) in [5.41, 5.74) is -0.233. The third kappa shape index (κ3) is 5.03. The lowest BCUT2D eigenvalue weighted by atomic mass is 9.98. The molecule has 3 rings (SSSR count). The van der Waals surface area contributed by atoms with Gasteiger partial charge in [-0.05, 0) is 43.0 Å². The molecule has 30 heavy (non-hydrogen) atoms. The summed E-state index contributed by atoms with van der Waals surface area (Å²) in [5.74, 6) is -0.649. The third-order valence-electron chi connectivity index (χ3n) is 4.81. The van der Waals surface area contributed by atoms with Crippen LogP contribution in [0.5, 0.6) is 5.88 Å². The first kappa shape index (κ1) is 21.5. The predicted molar refractivity (Wildman–Crippen MR) is 111 cm³/mol. The van der Waals surface area contributed by atoms with E-state index in [-0.39, 0.29) is 26.8 Å². The Kier molecular flexibility index (Phi) is 6.50. The van der Waals surface area contributed by atoms with Crippen LogP contribution in [-0.2, 0) is 6.18 Å². The van der Waals surface area contributed by atoms with E-state index in [1.54, 1.807) is 6.92 Å². The van der Waals surface area contributed by atoms with Gasteiger partial charge in [0.2, 0.25) is 11.7 Å². The van der Waals surface area contributed by atoms with Gasteiger partial charge in [-0.25, -0.2) is 4.98 Å². The summed E-state index contributed by atoms with van der Waals surface area (Å²) in [6.45, 7) is 3.86. The maximum absolute atomic E-state index is 13.5. The number of nitrogens with zero attached hydrogens (tertiary/aromatic N) is 2. The molecule has 0 N–H and O–H groups in total. The molecule has 0 aliphatic rings. The number of benzene rings is 1. The molecule has 4 nitrogen and oxygen atoms in total. The number of pyridine rings is 2. The van der Waals surface area contributed by atoms with E-state index in [0.29, 0.717) is 12.1 Å². The fourth-order valence-electron chi connectivity index (χ4n) is 3.06. The van der Waals surface area contributed by atoms with Gasteiger partial charge < -0.3 is 4.74 Å². The lowest BCUT2D eigenvalue weighted by Crippen LogP contribution is -2.17. The smallest absolute Gasteiger partial charge is 0.418 e. The lowest BCUT2D eigenvalue weighted by molar-refractivity contribution is -0.138. The number of ether oxygens (including phenoxy) is 1. The Morgan fingerprint density at radius 3 is 2.50 bits per heavy atom. The maximum Gasteiger partial charge on any atom is 0.418 e. The SMILES string of the molecule is Cc1ncccc1C(=O)c1nc(OCCC(C)c2ccccc2)ccc1C(F)(F)F.[HH].[HH]. The van der Waals surface area contributed by atoms with Crippen molar-refractivity contribution in [3.8, 4) is 5.88 Å². The van der Waals surface area contributed by atoms with Crippen LogP contribution in [0, 0.1) is 6.92 Å². The highest BCUT2D eigenvalue weighted by atomic mass is 19.4. The normalized spacial score (nSPS) is 12.4. The Morgan fingerprint density at radius 1 is 1.10 bits per heavy atom. The van der Waals surface area contributed by atoms with Crippen molar-refractivity contribution >= 4 is 5.78 Å². The first-order valence-electron chi connectivity index (χ1n) is 9.49. The van der Waals surface area contributed by atoms with Crippen LogP contribution in [0.15, 0.2) is 60.8 Å². The summed E-state index contributed by atoms with van der Waals surface area (Å²) in [7, 11) is 0. The monoisotopic (exact) mass is 418 g/mol. The fraction of sp³-hybridized carbons (Fsp3) is 0.261. The largest absolute Gasteiger partial charge is 0.478 e. The second-order valence-corrected chi connectivity index (χ2v) is 6.96. The molecule has 3 aromatic rings. The van der Waals surface area contributed by atoms with Gasteiger partial charge in [-0.15, -0.1) is 0 Å². The van der Waals surface area contributed by atoms with Crippen molar-refractivity contribution in [2.24, 2.45) is 0 Å². The number of carbonyl (C=O) groups is 1. The molecule has 0 saturated carbocycles. The lowest BCUT2D eigenvalue weighted by Gasteiger charge is -2.15.